The van der Waals surface area contributed by atoms with Crippen LogP contribution in [0.25, 0.3) is 0 Å². The Labute approximate surface area is 201 Å². The van der Waals surface area contributed by atoms with Gasteiger partial charge in [0.05, 0.1) is 28.5 Å². The van der Waals surface area contributed by atoms with Crippen LogP contribution in [0.5, 0.6) is 17.2 Å². The van der Waals surface area contributed by atoms with Gasteiger partial charge in [-0.1, -0.05) is 29.8 Å². The Morgan fingerprint density at radius 2 is 1.85 bits per heavy atom. The highest BCUT2D eigenvalue weighted by Crippen LogP contribution is 2.35. The first kappa shape index (κ1) is 22.0. The Kier molecular flexibility index (Phi) is 5.98. The molecule has 1 N–H and O–H groups in total. The normalized spacial score (nSPS) is 12.1. The number of rotatable bonds is 7. The van der Waals surface area contributed by atoms with E-state index in [1.807, 2.05) is 48.2 Å². The van der Waals surface area contributed by atoms with Gasteiger partial charge in [-0.05, 0) is 49.9 Å². The van der Waals surface area contributed by atoms with Crippen LogP contribution in [0.4, 0.5) is 5.69 Å². The second-order valence-electron chi connectivity index (χ2n) is 8.27. The Hall–Kier alpha value is -3.78. The van der Waals surface area contributed by atoms with Gasteiger partial charge >= 0.3 is 0 Å². The molecule has 1 amide bonds. The van der Waals surface area contributed by atoms with Gasteiger partial charge in [0.15, 0.2) is 11.5 Å². The second kappa shape index (κ2) is 9.23. The number of fused-ring (bicyclic) bond motifs is 1. The number of aromatic nitrogens is 2. The number of hydrogen-bond donors (Lipinski definition) is 1. The number of aryl methyl sites for hydroxylation is 2. The molecule has 0 bridgehead atoms. The molecule has 1 aliphatic heterocycles. The summed E-state index contributed by atoms with van der Waals surface area (Å²) in [6.07, 6.45) is 0. The largest absolute Gasteiger partial charge is 0.489 e. The van der Waals surface area contributed by atoms with Crippen molar-refractivity contribution in [3.63, 3.8) is 0 Å². The van der Waals surface area contributed by atoms with E-state index in [1.54, 1.807) is 0 Å². The summed E-state index contributed by atoms with van der Waals surface area (Å²) < 4.78 is 18.5. The molecule has 1 aliphatic rings. The molecule has 8 heteroatoms. The zero-order valence-electron chi connectivity index (χ0n) is 19.3. The number of nitrogens with one attached hydrogen (secondary N) is 1. The lowest BCUT2D eigenvalue weighted by atomic mass is 10.1. The van der Waals surface area contributed by atoms with E-state index in [4.69, 9.17) is 14.2 Å². The summed E-state index contributed by atoms with van der Waals surface area (Å²) in [7, 11) is 0. The van der Waals surface area contributed by atoms with Gasteiger partial charge in [0, 0.05) is 11.6 Å². The highest BCUT2D eigenvalue weighted by atomic mass is 32.1. The lowest BCUT2D eigenvalue weighted by molar-refractivity contribution is 0.103. The summed E-state index contributed by atoms with van der Waals surface area (Å²) in [6, 6.07) is 15.7. The van der Waals surface area contributed by atoms with Crippen molar-refractivity contribution >= 4 is 22.9 Å². The molecule has 0 unspecified atom stereocenters. The van der Waals surface area contributed by atoms with E-state index in [2.05, 4.69) is 41.6 Å². The fourth-order valence-corrected chi connectivity index (χ4v) is 4.57. The third-order valence-electron chi connectivity index (χ3n) is 5.70. The quantitative estimate of drug-likeness (QED) is 0.383. The summed E-state index contributed by atoms with van der Waals surface area (Å²) in [5.74, 6) is 1.93. The lowest BCUT2D eigenvalue weighted by Gasteiger charge is -2.07. The van der Waals surface area contributed by atoms with Gasteiger partial charge < -0.3 is 19.5 Å². The van der Waals surface area contributed by atoms with E-state index < -0.39 is 0 Å². The van der Waals surface area contributed by atoms with Crippen LogP contribution in [-0.2, 0) is 13.2 Å². The smallest absolute Gasteiger partial charge is 0.265 e. The van der Waals surface area contributed by atoms with Crippen molar-refractivity contribution < 1.29 is 19.0 Å². The van der Waals surface area contributed by atoms with Crippen LogP contribution in [0.2, 0.25) is 0 Å². The molecule has 4 aromatic rings. The van der Waals surface area contributed by atoms with Gasteiger partial charge in [-0.2, -0.15) is 5.10 Å². The zero-order chi connectivity index (χ0) is 23.7. The molecule has 0 saturated heterocycles. The first-order valence-corrected chi connectivity index (χ1v) is 11.8. The van der Waals surface area contributed by atoms with E-state index in [1.165, 1.54) is 22.5 Å². The number of amides is 1. The number of thiophene rings is 1. The molecule has 5 rings (SSSR count). The van der Waals surface area contributed by atoms with Gasteiger partial charge in [-0.15, -0.1) is 11.3 Å². The van der Waals surface area contributed by atoms with Gasteiger partial charge in [-0.25, -0.2) is 0 Å². The van der Waals surface area contributed by atoms with Gasteiger partial charge in [0.1, 0.15) is 12.4 Å². The summed E-state index contributed by atoms with van der Waals surface area (Å²) in [6.45, 7) is 7.20. The SMILES string of the molecule is Cc1ccc(Cn2nc(C)c(NC(=O)c3cc(COc4ccc5c(c4)OCO5)cs3)c2C)cc1. The van der Waals surface area contributed by atoms with Crippen molar-refractivity contribution in [3.8, 4) is 17.2 Å². The Bertz CT molecular complexity index is 1340. The number of benzene rings is 2. The number of hydrogen-bond acceptors (Lipinski definition) is 6. The van der Waals surface area contributed by atoms with E-state index >= 15 is 0 Å². The van der Waals surface area contributed by atoms with Crippen LogP contribution >= 0.6 is 11.3 Å². The maximum atomic E-state index is 12.9. The van der Waals surface area contributed by atoms with Crippen molar-refractivity contribution in [1.82, 2.24) is 9.78 Å². The minimum absolute atomic E-state index is 0.152. The van der Waals surface area contributed by atoms with Gasteiger partial charge in [0.25, 0.3) is 5.91 Å². The van der Waals surface area contributed by atoms with E-state index in [-0.39, 0.29) is 12.7 Å². The first-order chi connectivity index (χ1) is 16.5. The molecule has 0 spiro atoms. The number of carbonyl (C=O) groups excluding carboxylic acids is 1. The lowest BCUT2D eigenvalue weighted by Crippen LogP contribution is -2.12. The number of ether oxygens (including phenoxy) is 3. The highest BCUT2D eigenvalue weighted by Gasteiger charge is 2.18. The molecule has 34 heavy (non-hydrogen) atoms. The number of carbonyl (C=O) groups is 1. The zero-order valence-corrected chi connectivity index (χ0v) is 20.1. The van der Waals surface area contributed by atoms with Crippen molar-refractivity contribution in [2.45, 2.75) is 33.9 Å². The highest BCUT2D eigenvalue weighted by molar-refractivity contribution is 7.12. The van der Waals surface area contributed by atoms with Crippen molar-refractivity contribution in [1.29, 1.82) is 0 Å². The molecule has 3 heterocycles. The van der Waals surface area contributed by atoms with Crippen molar-refractivity contribution in [2.75, 3.05) is 12.1 Å². The average Bonchev–Trinajstić information content (AvgIpc) is 3.55. The molecular weight excluding hydrogens is 450 g/mol. The van der Waals surface area contributed by atoms with E-state index in [0.29, 0.717) is 29.5 Å². The van der Waals surface area contributed by atoms with Gasteiger partial charge in [0.2, 0.25) is 6.79 Å². The first-order valence-electron chi connectivity index (χ1n) is 11.0. The second-order valence-corrected chi connectivity index (χ2v) is 9.18. The predicted octanol–water partition coefficient (Wildman–Crippen LogP) is 5.48. The molecule has 0 fully saturated rings. The molecule has 174 valence electrons. The van der Waals surface area contributed by atoms with Crippen molar-refractivity contribution in [2.24, 2.45) is 0 Å². The van der Waals surface area contributed by atoms with E-state index in [0.717, 1.165) is 28.4 Å². The molecule has 0 aliphatic carbocycles. The monoisotopic (exact) mass is 475 g/mol. The third kappa shape index (κ3) is 4.63. The third-order valence-corrected chi connectivity index (χ3v) is 6.68. The fraction of sp³-hybridized carbons (Fsp3) is 0.231. The Balaban J connectivity index is 1.22. The van der Waals surface area contributed by atoms with E-state index in [9.17, 15) is 4.79 Å². The van der Waals surface area contributed by atoms with Crippen molar-refractivity contribution in [3.05, 3.63) is 86.9 Å². The number of nitrogens with zero attached hydrogens (tertiary/aromatic N) is 2. The fourth-order valence-electron chi connectivity index (χ4n) is 3.78. The van der Waals surface area contributed by atoms with Crippen LogP contribution in [0.3, 0.4) is 0 Å². The van der Waals surface area contributed by atoms with Crippen LogP contribution in [0, 0.1) is 20.8 Å². The molecule has 7 nitrogen and oxygen atoms in total. The topological polar surface area (TPSA) is 74.6 Å². The summed E-state index contributed by atoms with van der Waals surface area (Å²) >= 11 is 1.39. The van der Waals surface area contributed by atoms with Crippen LogP contribution in [0.15, 0.2) is 53.9 Å². The molecule has 2 aromatic carbocycles. The molecular formula is C26H25N3O4S. The maximum absolute atomic E-state index is 12.9. The number of anilines is 1. The maximum Gasteiger partial charge on any atom is 0.265 e. The minimum atomic E-state index is -0.152. The van der Waals surface area contributed by atoms with Crippen LogP contribution < -0.4 is 19.5 Å². The summed E-state index contributed by atoms with van der Waals surface area (Å²) in [5.41, 5.74) is 5.79. The average molecular weight is 476 g/mol. The molecule has 0 saturated carbocycles. The van der Waals surface area contributed by atoms with Crippen LogP contribution in [-0.4, -0.2) is 22.5 Å². The molecule has 0 atom stereocenters. The standard InChI is InChI=1S/C26H25N3O4S/c1-16-4-6-19(7-5-16)12-29-18(3)25(17(2)28-29)27-26(30)24-10-20(14-34-24)13-31-21-8-9-22-23(11-21)33-15-32-22/h4-11,14H,12-13,15H2,1-3H3,(H,27,30). The minimum Gasteiger partial charge on any atom is -0.489 e. The van der Waals surface area contributed by atoms with Crippen LogP contribution in [0.1, 0.15) is 37.7 Å². The summed E-state index contributed by atoms with van der Waals surface area (Å²) in [5, 5.41) is 9.61. The summed E-state index contributed by atoms with van der Waals surface area (Å²) in [4.78, 5) is 13.5. The Morgan fingerprint density at radius 1 is 1.06 bits per heavy atom. The molecule has 0 radical (unpaired) electrons. The molecule has 2 aromatic heterocycles. The predicted molar refractivity (Wildman–Crippen MR) is 131 cm³/mol. The Morgan fingerprint density at radius 3 is 2.68 bits per heavy atom. The van der Waals surface area contributed by atoms with Gasteiger partial charge in [-0.3, -0.25) is 9.48 Å².